The summed E-state index contributed by atoms with van der Waals surface area (Å²) in [6.45, 7) is 1.12. The third-order valence-corrected chi connectivity index (χ3v) is 4.41. The van der Waals surface area contributed by atoms with Crippen molar-refractivity contribution in [2.24, 2.45) is 0 Å². The summed E-state index contributed by atoms with van der Waals surface area (Å²) in [4.78, 5) is 12.5. The van der Waals surface area contributed by atoms with Crippen LogP contribution in [0.25, 0.3) is 0 Å². The van der Waals surface area contributed by atoms with E-state index in [1.807, 2.05) is 6.07 Å². The van der Waals surface area contributed by atoms with E-state index in [0.29, 0.717) is 11.8 Å². The average molecular weight is 248 g/mol. The minimum Gasteiger partial charge on any atom is -0.324 e. The van der Waals surface area contributed by atoms with Gasteiger partial charge in [0.05, 0.1) is 11.4 Å². The highest BCUT2D eigenvalue weighted by Gasteiger charge is 2.19. The maximum Gasteiger partial charge on any atom is 0.234 e. The monoisotopic (exact) mass is 248 g/mol. The van der Waals surface area contributed by atoms with Crippen LogP contribution in [0.1, 0.15) is 30.9 Å². The van der Waals surface area contributed by atoms with E-state index in [0.717, 1.165) is 12.2 Å². The molecule has 0 saturated carbocycles. The van der Waals surface area contributed by atoms with Crippen LogP contribution in [0.4, 0.5) is 5.69 Å². The third kappa shape index (κ3) is 2.33. The topological polar surface area (TPSA) is 41.1 Å². The lowest BCUT2D eigenvalue weighted by Gasteiger charge is -2.25. The van der Waals surface area contributed by atoms with Crippen LogP contribution in [0.3, 0.4) is 0 Å². The normalized spacial score (nSPS) is 24.0. The molecule has 2 heterocycles. The standard InChI is InChI=1S/C13H16N2OS/c16-13-8-17-12-7-9(4-5-11(12)15-13)10-3-1-2-6-14-10/h4-5,7,10,14H,1-3,6,8H2,(H,15,16). The van der Waals surface area contributed by atoms with Gasteiger partial charge >= 0.3 is 0 Å². The zero-order valence-corrected chi connectivity index (χ0v) is 10.5. The Morgan fingerprint density at radius 2 is 2.24 bits per heavy atom. The van der Waals surface area contributed by atoms with E-state index in [-0.39, 0.29) is 5.91 Å². The number of thioether (sulfide) groups is 1. The molecule has 1 aromatic carbocycles. The molecule has 0 aliphatic carbocycles. The first kappa shape index (κ1) is 11.1. The number of amides is 1. The minimum atomic E-state index is 0.103. The molecule has 0 spiro atoms. The first-order valence-electron chi connectivity index (χ1n) is 6.13. The molecule has 3 rings (SSSR count). The quantitative estimate of drug-likeness (QED) is 0.802. The van der Waals surface area contributed by atoms with Gasteiger partial charge in [-0.25, -0.2) is 0 Å². The van der Waals surface area contributed by atoms with E-state index in [9.17, 15) is 4.79 Å². The molecular weight excluding hydrogens is 232 g/mol. The molecule has 2 aliphatic heterocycles. The lowest BCUT2D eigenvalue weighted by atomic mass is 9.97. The van der Waals surface area contributed by atoms with Gasteiger partial charge < -0.3 is 10.6 Å². The van der Waals surface area contributed by atoms with Gasteiger partial charge in [-0.3, -0.25) is 4.79 Å². The van der Waals surface area contributed by atoms with Gasteiger partial charge in [0, 0.05) is 10.9 Å². The van der Waals surface area contributed by atoms with Gasteiger partial charge in [-0.2, -0.15) is 0 Å². The zero-order valence-electron chi connectivity index (χ0n) is 9.66. The molecule has 1 amide bonds. The van der Waals surface area contributed by atoms with Crippen LogP contribution in [0.15, 0.2) is 23.1 Å². The van der Waals surface area contributed by atoms with E-state index < -0.39 is 0 Å². The highest BCUT2D eigenvalue weighted by atomic mass is 32.2. The summed E-state index contributed by atoms with van der Waals surface area (Å²) in [7, 11) is 0. The smallest absolute Gasteiger partial charge is 0.234 e. The van der Waals surface area contributed by atoms with Gasteiger partial charge in [0.25, 0.3) is 0 Å². The van der Waals surface area contributed by atoms with Crippen molar-refractivity contribution in [3.05, 3.63) is 23.8 Å². The van der Waals surface area contributed by atoms with E-state index in [1.165, 1.54) is 29.7 Å². The number of benzene rings is 1. The van der Waals surface area contributed by atoms with Crippen molar-refractivity contribution in [1.29, 1.82) is 0 Å². The Morgan fingerprint density at radius 1 is 1.29 bits per heavy atom. The molecule has 0 bridgehead atoms. The van der Waals surface area contributed by atoms with Crippen LogP contribution < -0.4 is 10.6 Å². The van der Waals surface area contributed by atoms with Gasteiger partial charge in [-0.1, -0.05) is 12.5 Å². The number of anilines is 1. The Labute approximate surface area is 105 Å². The Kier molecular flexibility index (Phi) is 3.07. The summed E-state index contributed by atoms with van der Waals surface area (Å²) in [6, 6.07) is 6.88. The Hall–Kier alpha value is -1.00. The molecule has 4 heteroatoms. The fourth-order valence-corrected chi connectivity index (χ4v) is 3.30. The van der Waals surface area contributed by atoms with Crippen molar-refractivity contribution in [3.63, 3.8) is 0 Å². The van der Waals surface area contributed by atoms with Gasteiger partial charge in [-0.05, 0) is 37.1 Å². The minimum absolute atomic E-state index is 0.103. The van der Waals surface area contributed by atoms with Crippen LogP contribution in [-0.2, 0) is 4.79 Å². The molecule has 2 N–H and O–H groups in total. The van der Waals surface area contributed by atoms with Crippen molar-refractivity contribution in [2.45, 2.75) is 30.2 Å². The number of piperidine rings is 1. The lowest BCUT2D eigenvalue weighted by Crippen LogP contribution is -2.27. The second kappa shape index (κ2) is 4.70. The molecule has 0 radical (unpaired) electrons. The fourth-order valence-electron chi connectivity index (χ4n) is 2.44. The predicted molar refractivity (Wildman–Crippen MR) is 70.4 cm³/mol. The van der Waals surface area contributed by atoms with Gasteiger partial charge in [0.1, 0.15) is 0 Å². The van der Waals surface area contributed by atoms with Crippen LogP contribution >= 0.6 is 11.8 Å². The molecule has 1 saturated heterocycles. The van der Waals surface area contributed by atoms with Crippen molar-refractivity contribution >= 4 is 23.4 Å². The van der Waals surface area contributed by atoms with Gasteiger partial charge in [0.15, 0.2) is 0 Å². The summed E-state index contributed by atoms with van der Waals surface area (Å²) in [5, 5.41) is 6.46. The number of fused-ring (bicyclic) bond motifs is 1. The maximum absolute atomic E-state index is 11.3. The lowest BCUT2D eigenvalue weighted by molar-refractivity contribution is -0.113. The first-order valence-corrected chi connectivity index (χ1v) is 7.11. The maximum atomic E-state index is 11.3. The number of rotatable bonds is 1. The molecule has 1 aromatic rings. The van der Waals surface area contributed by atoms with Crippen LogP contribution in [0, 0.1) is 0 Å². The largest absolute Gasteiger partial charge is 0.324 e. The van der Waals surface area contributed by atoms with E-state index in [4.69, 9.17) is 0 Å². The van der Waals surface area contributed by atoms with Crippen LogP contribution in [-0.4, -0.2) is 18.2 Å². The predicted octanol–water partition coefficient (Wildman–Crippen LogP) is 2.55. The van der Waals surface area contributed by atoms with Gasteiger partial charge in [-0.15, -0.1) is 11.8 Å². The number of nitrogens with one attached hydrogen (secondary N) is 2. The second-order valence-electron chi connectivity index (χ2n) is 4.59. The van der Waals surface area contributed by atoms with Crippen molar-refractivity contribution in [1.82, 2.24) is 5.32 Å². The fraction of sp³-hybridized carbons (Fsp3) is 0.462. The Morgan fingerprint density at radius 3 is 3.06 bits per heavy atom. The summed E-state index contributed by atoms with van der Waals surface area (Å²) < 4.78 is 0. The number of carbonyl (C=O) groups excluding carboxylic acids is 1. The Bertz CT molecular complexity index is 441. The second-order valence-corrected chi connectivity index (χ2v) is 5.61. The third-order valence-electron chi connectivity index (χ3n) is 3.35. The summed E-state index contributed by atoms with van der Waals surface area (Å²) >= 11 is 1.64. The summed E-state index contributed by atoms with van der Waals surface area (Å²) in [6.07, 6.45) is 3.81. The SMILES string of the molecule is O=C1CSc2cc(C3CCCCN3)ccc2N1. The number of carbonyl (C=O) groups is 1. The van der Waals surface area contributed by atoms with Gasteiger partial charge in [0.2, 0.25) is 5.91 Å². The van der Waals surface area contributed by atoms with Crippen molar-refractivity contribution in [2.75, 3.05) is 17.6 Å². The molecule has 90 valence electrons. The zero-order chi connectivity index (χ0) is 11.7. The summed E-state index contributed by atoms with van der Waals surface area (Å²) in [5.74, 6) is 0.639. The molecule has 0 aromatic heterocycles. The number of hydrogen-bond acceptors (Lipinski definition) is 3. The average Bonchev–Trinajstić information content (AvgIpc) is 2.39. The summed E-state index contributed by atoms with van der Waals surface area (Å²) in [5.41, 5.74) is 2.32. The molecule has 3 nitrogen and oxygen atoms in total. The van der Waals surface area contributed by atoms with Crippen LogP contribution in [0.2, 0.25) is 0 Å². The highest BCUT2D eigenvalue weighted by molar-refractivity contribution is 8.00. The molecule has 17 heavy (non-hydrogen) atoms. The number of hydrogen-bond donors (Lipinski definition) is 2. The van der Waals surface area contributed by atoms with E-state index in [1.54, 1.807) is 11.8 Å². The van der Waals surface area contributed by atoms with E-state index in [2.05, 4.69) is 22.8 Å². The molecular formula is C13H16N2OS. The molecule has 2 aliphatic rings. The molecule has 1 unspecified atom stereocenters. The van der Waals surface area contributed by atoms with Crippen molar-refractivity contribution < 1.29 is 4.79 Å². The highest BCUT2D eigenvalue weighted by Crippen LogP contribution is 2.34. The Balaban J connectivity index is 1.85. The van der Waals surface area contributed by atoms with Crippen LogP contribution in [0.5, 0.6) is 0 Å². The molecule has 1 fully saturated rings. The first-order chi connectivity index (χ1) is 8.33. The van der Waals surface area contributed by atoms with E-state index >= 15 is 0 Å². The molecule has 1 atom stereocenters. The van der Waals surface area contributed by atoms with Crippen molar-refractivity contribution in [3.8, 4) is 0 Å².